The van der Waals surface area contributed by atoms with Crippen molar-refractivity contribution in [2.24, 2.45) is 0 Å². The van der Waals surface area contributed by atoms with Gasteiger partial charge in [-0.3, -0.25) is 4.79 Å². The summed E-state index contributed by atoms with van der Waals surface area (Å²) in [5.41, 5.74) is 1.39. The monoisotopic (exact) mass is 282 g/mol. The van der Waals surface area contributed by atoms with E-state index < -0.39 is 18.8 Å². The van der Waals surface area contributed by atoms with Crippen LogP contribution in [0.2, 0.25) is 0 Å². The molecular formula is C12H18N4O4. The molecule has 8 nitrogen and oxygen atoms in total. The van der Waals surface area contributed by atoms with Gasteiger partial charge in [0.1, 0.15) is 11.0 Å². The Morgan fingerprint density at radius 2 is 2.10 bits per heavy atom. The predicted octanol–water partition coefficient (Wildman–Crippen LogP) is -1.38. The van der Waals surface area contributed by atoms with Crippen LogP contribution in [-0.4, -0.2) is 55.6 Å². The van der Waals surface area contributed by atoms with Crippen LogP contribution in [-0.2, 0) is 0 Å². The predicted molar refractivity (Wildman–Crippen MR) is 72.2 cm³/mol. The Labute approximate surface area is 114 Å². The van der Waals surface area contributed by atoms with Gasteiger partial charge in [0.2, 0.25) is 0 Å². The first-order valence-corrected chi connectivity index (χ1v) is 6.29. The lowest BCUT2D eigenvalue weighted by Crippen LogP contribution is -2.45. The van der Waals surface area contributed by atoms with Gasteiger partial charge < -0.3 is 30.6 Å². The van der Waals surface area contributed by atoms with E-state index in [-0.39, 0.29) is 18.2 Å². The molecule has 0 aliphatic heterocycles. The van der Waals surface area contributed by atoms with Gasteiger partial charge in [0.15, 0.2) is 0 Å². The Hall–Kier alpha value is -1.74. The summed E-state index contributed by atoms with van der Waals surface area (Å²) in [7, 11) is 0. The van der Waals surface area contributed by atoms with Crippen LogP contribution in [0.5, 0.6) is 0 Å². The number of nitrogens with zero attached hydrogens (tertiary/aromatic N) is 1. The lowest BCUT2D eigenvalue weighted by Gasteiger charge is -2.24. The number of hydrogen-bond acceptors (Lipinski definition) is 6. The summed E-state index contributed by atoms with van der Waals surface area (Å²) in [5.74, 6) is 0. The van der Waals surface area contributed by atoms with Crippen LogP contribution in [0.25, 0.3) is 11.0 Å². The fourth-order valence-corrected chi connectivity index (χ4v) is 2.12. The van der Waals surface area contributed by atoms with Crippen LogP contribution in [0.3, 0.4) is 0 Å². The molecule has 0 aliphatic rings. The molecule has 0 bridgehead atoms. The zero-order valence-electron chi connectivity index (χ0n) is 11.0. The van der Waals surface area contributed by atoms with Gasteiger partial charge >= 0.3 is 0 Å². The minimum atomic E-state index is -1.07. The fourth-order valence-electron chi connectivity index (χ4n) is 2.12. The van der Waals surface area contributed by atoms with Crippen molar-refractivity contribution in [3.8, 4) is 0 Å². The summed E-state index contributed by atoms with van der Waals surface area (Å²) in [4.78, 5) is 21.0. The Kier molecular flexibility index (Phi) is 4.50. The van der Waals surface area contributed by atoms with Gasteiger partial charge in [-0.15, -0.1) is 0 Å². The molecule has 0 spiro atoms. The van der Waals surface area contributed by atoms with Gasteiger partial charge in [0.25, 0.3) is 5.56 Å². The minimum absolute atomic E-state index is 0.262. The van der Waals surface area contributed by atoms with E-state index >= 15 is 0 Å². The van der Waals surface area contributed by atoms with Gasteiger partial charge in [-0.1, -0.05) is 0 Å². The maximum absolute atomic E-state index is 11.6. The average molecular weight is 282 g/mol. The Balaban J connectivity index is 2.25. The number of H-pyrrole nitrogens is 2. The summed E-state index contributed by atoms with van der Waals surface area (Å²) in [6, 6.07) is -0.932. The quantitative estimate of drug-likeness (QED) is 0.386. The number of rotatable bonds is 6. The number of aliphatic hydroxyl groups excluding tert-OH is 3. The molecular weight excluding hydrogens is 264 g/mol. The third-order valence-corrected chi connectivity index (χ3v) is 3.28. The van der Waals surface area contributed by atoms with E-state index in [0.717, 1.165) is 5.56 Å². The van der Waals surface area contributed by atoms with Crippen molar-refractivity contribution in [1.29, 1.82) is 0 Å². The molecule has 0 aliphatic carbocycles. The average Bonchev–Trinajstić information content (AvgIpc) is 2.89. The molecule has 0 saturated heterocycles. The number of aliphatic hydroxyl groups is 3. The van der Waals surface area contributed by atoms with Crippen LogP contribution >= 0.6 is 0 Å². The van der Waals surface area contributed by atoms with Crippen molar-refractivity contribution in [3.63, 3.8) is 0 Å². The van der Waals surface area contributed by atoms with Gasteiger partial charge in [-0.05, 0) is 6.92 Å². The number of nitrogens with one attached hydrogen (secondary N) is 3. The molecule has 2 aromatic rings. The van der Waals surface area contributed by atoms with E-state index in [1.165, 1.54) is 6.33 Å². The zero-order chi connectivity index (χ0) is 14.7. The molecule has 0 aromatic carbocycles. The maximum atomic E-state index is 11.6. The lowest BCUT2D eigenvalue weighted by atomic mass is 10.1. The van der Waals surface area contributed by atoms with Crippen LogP contribution in [0.15, 0.2) is 17.3 Å². The first-order valence-electron chi connectivity index (χ1n) is 6.29. The van der Waals surface area contributed by atoms with Crippen LogP contribution < -0.4 is 10.9 Å². The SMILES string of the molecule is CC(NC(CO)C(O)CO)c1c[nH]c2c(=O)[nH]cnc12. The van der Waals surface area contributed by atoms with Gasteiger partial charge in [0, 0.05) is 17.8 Å². The van der Waals surface area contributed by atoms with Crippen molar-refractivity contribution in [1.82, 2.24) is 20.3 Å². The normalized spacial score (nSPS) is 16.2. The van der Waals surface area contributed by atoms with E-state index in [1.807, 2.05) is 6.92 Å². The smallest absolute Gasteiger partial charge is 0.275 e. The molecule has 6 N–H and O–H groups in total. The highest BCUT2D eigenvalue weighted by Crippen LogP contribution is 2.20. The summed E-state index contributed by atoms with van der Waals surface area (Å²) < 4.78 is 0. The summed E-state index contributed by atoms with van der Waals surface area (Å²) >= 11 is 0. The van der Waals surface area contributed by atoms with Crippen LogP contribution in [0.4, 0.5) is 0 Å². The number of aromatic amines is 2. The molecule has 0 fully saturated rings. The summed E-state index contributed by atoms with van der Waals surface area (Å²) in [6.07, 6.45) is 1.91. The van der Waals surface area contributed by atoms with Crippen molar-refractivity contribution in [2.45, 2.75) is 25.1 Å². The molecule has 2 heterocycles. The fraction of sp³-hybridized carbons (Fsp3) is 0.500. The molecule has 0 amide bonds. The number of fused-ring (bicyclic) bond motifs is 1. The molecule has 110 valence electrons. The molecule has 20 heavy (non-hydrogen) atoms. The third kappa shape index (κ3) is 2.73. The maximum Gasteiger partial charge on any atom is 0.275 e. The van der Waals surface area contributed by atoms with Crippen LogP contribution in [0, 0.1) is 0 Å². The zero-order valence-corrected chi connectivity index (χ0v) is 11.0. The second kappa shape index (κ2) is 6.14. The highest BCUT2D eigenvalue weighted by atomic mass is 16.3. The third-order valence-electron chi connectivity index (χ3n) is 3.28. The second-order valence-electron chi connectivity index (χ2n) is 4.63. The van der Waals surface area contributed by atoms with E-state index in [2.05, 4.69) is 20.3 Å². The standard InChI is InChI=1S/C12H18N4O4/c1-6(16-8(3-17)9(19)4-18)7-2-13-11-10(7)14-5-15-12(11)20/h2,5-6,8-9,13,16-19H,3-4H2,1H3,(H,14,15,20). The topological polar surface area (TPSA) is 134 Å². The number of aromatic nitrogens is 3. The van der Waals surface area contributed by atoms with Gasteiger partial charge in [0.05, 0.1) is 31.7 Å². The molecule has 8 heteroatoms. The highest BCUT2D eigenvalue weighted by molar-refractivity contribution is 5.78. The minimum Gasteiger partial charge on any atom is -0.395 e. The van der Waals surface area contributed by atoms with E-state index in [1.54, 1.807) is 6.20 Å². The molecule has 3 atom stereocenters. The van der Waals surface area contributed by atoms with Crippen molar-refractivity contribution < 1.29 is 15.3 Å². The van der Waals surface area contributed by atoms with Gasteiger partial charge in [-0.2, -0.15) is 0 Å². The number of hydrogen-bond donors (Lipinski definition) is 6. The molecule has 3 unspecified atom stereocenters. The van der Waals surface area contributed by atoms with Gasteiger partial charge in [-0.25, -0.2) is 4.98 Å². The Bertz CT molecular complexity index is 623. The highest BCUT2D eigenvalue weighted by Gasteiger charge is 2.22. The lowest BCUT2D eigenvalue weighted by molar-refractivity contribution is 0.0380. The van der Waals surface area contributed by atoms with E-state index in [4.69, 9.17) is 5.11 Å². The Morgan fingerprint density at radius 1 is 1.35 bits per heavy atom. The molecule has 2 rings (SSSR count). The van der Waals surface area contributed by atoms with Crippen LogP contribution in [0.1, 0.15) is 18.5 Å². The first kappa shape index (κ1) is 14.7. The largest absolute Gasteiger partial charge is 0.395 e. The second-order valence-corrected chi connectivity index (χ2v) is 4.63. The molecule has 2 aromatic heterocycles. The van der Waals surface area contributed by atoms with Crippen molar-refractivity contribution >= 4 is 11.0 Å². The van der Waals surface area contributed by atoms with Crippen molar-refractivity contribution in [3.05, 3.63) is 28.4 Å². The van der Waals surface area contributed by atoms with E-state index in [9.17, 15) is 15.0 Å². The van der Waals surface area contributed by atoms with Crippen molar-refractivity contribution in [2.75, 3.05) is 13.2 Å². The Morgan fingerprint density at radius 3 is 2.75 bits per heavy atom. The van der Waals surface area contributed by atoms with E-state index in [0.29, 0.717) is 11.0 Å². The summed E-state index contributed by atoms with van der Waals surface area (Å²) in [6.45, 7) is 1.05. The molecule has 0 saturated carbocycles. The first-order chi connectivity index (χ1) is 9.58. The molecule has 0 radical (unpaired) electrons. The summed E-state index contributed by atoms with van der Waals surface area (Å²) in [5, 5.41) is 30.7.